The van der Waals surface area contributed by atoms with Crippen molar-refractivity contribution in [2.75, 3.05) is 41.3 Å². The van der Waals surface area contributed by atoms with Gasteiger partial charge in [0, 0.05) is 12.1 Å². The molecule has 0 radical (unpaired) electrons. The Hall–Kier alpha value is -1.47. The number of carbonyl (C=O) groups is 1. The van der Waals surface area contributed by atoms with Crippen LogP contribution in [-0.4, -0.2) is 79.1 Å². The van der Waals surface area contributed by atoms with E-state index in [0.29, 0.717) is 25.1 Å². The van der Waals surface area contributed by atoms with Crippen LogP contribution in [0, 0.1) is 0 Å². The number of likely N-dealkylation sites (N-methyl/N-ethyl adjacent to an activating group) is 2. The predicted octanol–water partition coefficient (Wildman–Crippen LogP) is 0.254. The number of nitrogens with zero attached hydrogens (tertiary/aromatic N) is 2. The van der Waals surface area contributed by atoms with Crippen molar-refractivity contribution in [3.05, 3.63) is 35.4 Å². The number of nitrogens with one attached hydrogen (secondary N) is 1. The molecule has 0 unspecified atom stereocenters. The van der Waals surface area contributed by atoms with E-state index >= 15 is 0 Å². The maximum Gasteiger partial charge on any atom is 0.295 e. The highest BCUT2D eigenvalue weighted by atomic mass is 16.3. The summed E-state index contributed by atoms with van der Waals surface area (Å²) in [6, 6.07) is 7.25. The molecule has 0 saturated heterocycles. The molecular formula is C17H30N3O3+. The topological polar surface area (TPSA) is 72.8 Å². The Morgan fingerprint density at radius 1 is 1.22 bits per heavy atom. The van der Waals surface area contributed by atoms with Gasteiger partial charge in [-0.15, -0.1) is 0 Å². The van der Waals surface area contributed by atoms with Crippen molar-refractivity contribution in [3.63, 3.8) is 0 Å². The van der Waals surface area contributed by atoms with E-state index in [1.54, 1.807) is 19.1 Å². The summed E-state index contributed by atoms with van der Waals surface area (Å²) in [6.07, 6.45) is -0.360. The summed E-state index contributed by atoms with van der Waals surface area (Å²) >= 11 is 0. The molecule has 1 amide bonds. The minimum atomic E-state index is -0.495. The lowest BCUT2D eigenvalue weighted by Gasteiger charge is -2.30. The molecule has 1 aromatic carbocycles. The largest absolute Gasteiger partial charge is 0.391 e. The second kappa shape index (κ2) is 8.40. The Balaban J connectivity index is 2.63. The van der Waals surface area contributed by atoms with Crippen LogP contribution in [0.5, 0.6) is 0 Å². The van der Waals surface area contributed by atoms with Crippen LogP contribution in [0.2, 0.25) is 0 Å². The predicted molar refractivity (Wildman–Crippen MR) is 90.8 cm³/mol. The summed E-state index contributed by atoms with van der Waals surface area (Å²) in [5, 5.41) is 19.4. The van der Waals surface area contributed by atoms with Gasteiger partial charge in [0.2, 0.25) is 0 Å². The number of aliphatic hydroxyl groups excluding tert-OH is 2. The summed E-state index contributed by atoms with van der Waals surface area (Å²) < 4.78 is 0.208. The molecule has 0 aromatic heterocycles. The first-order chi connectivity index (χ1) is 10.6. The SMILES string of the molecule is C[C@H](O)C[N+](C)(C)NC(=O)c1ccc(C[C@H](O)CN(C)C)cc1. The number of amides is 1. The molecule has 0 aliphatic heterocycles. The van der Waals surface area contributed by atoms with Gasteiger partial charge in [-0.3, -0.25) is 4.79 Å². The van der Waals surface area contributed by atoms with Crippen molar-refractivity contribution in [1.82, 2.24) is 10.3 Å². The third-order valence-corrected chi connectivity index (χ3v) is 3.39. The van der Waals surface area contributed by atoms with Gasteiger partial charge in [-0.05, 0) is 45.1 Å². The Morgan fingerprint density at radius 2 is 1.78 bits per heavy atom. The average Bonchev–Trinajstić information content (AvgIpc) is 2.35. The molecule has 23 heavy (non-hydrogen) atoms. The van der Waals surface area contributed by atoms with Gasteiger partial charge >= 0.3 is 0 Å². The lowest BCUT2D eigenvalue weighted by molar-refractivity contribution is -0.927. The maximum atomic E-state index is 12.3. The van der Waals surface area contributed by atoms with E-state index in [2.05, 4.69) is 5.43 Å². The fourth-order valence-corrected chi connectivity index (χ4v) is 2.60. The summed E-state index contributed by atoms with van der Waals surface area (Å²) in [6.45, 7) is 2.73. The Labute approximate surface area is 138 Å². The molecule has 2 atom stereocenters. The molecule has 0 aliphatic rings. The van der Waals surface area contributed by atoms with Crippen LogP contribution in [0.25, 0.3) is 0 Å². The van der Waals surface area contributed by atoms with E-state index in [1.165, 1.54) is 0 Å². The van der Waals surface area contributed by atoms with Crippen molar-refractivity contribution in [1.29, 1.82) is 0 Å². The minimum absolute atomic E-state index is 0.184. The fourth-order valence-electron chi connectivity index (χ4n) is 2.60. The first-order valence-corrected chi connectivity index (χ1v) is 7.84. The van der Waals surface area contributed by atoms with Gasteiger partial charge in [0.15, 0.2) is 0 Å². The van der Waals surface area contributed by atoms with Gasteiger partial charge < -0.3 is 15.1 Å². The zero-order chi connectivity index (χ0) is 17.6. The lowest BCUT2D eigenvalue weighted by Crippen LogP contribution is -2.57. The Morgan fingerprint density at radius 3 is 2.26 bits per heavy atom. The molecule has 0 aliphatic carbocycles. The first kappa shape index (κ1) is 19.6. The quantitative estimate of drug-likeness (QED) is 0.474. The summed E-state index contributed by atoms with van der Waals surface area (Å²) in [7, 11) is 7.50. The molecule has 1 aromatic rings. The number of carbonyl (C=O) groups excluding carboxylic acids is 1. The van der Waals surface area contributed by atoms with Crippen LogP contribution in [0.1, 0.15) is 22.8 Å². The third-order valence-electron chi connectivity index (χ3n) is 3.39. The molecule has 6 heteroatoms. The summed E-state index contributed by atoms with van der Waals surface area (Å²) in [5.41, 5.74) is 4.43. The molecule has 3 N–H and O–H groups in total. The second-order valence-electron chi connectivity index (χ2n) is 6.97. The van der Waals surface area contributed by atoms with Crippen LogP contribution in [0.4, 0.5) is 0 Å². The van der Waals surface area contributed by atoms with Crippen molar-refractivity contribution < 1.29 is 19.6 Å². The number of hydrogen-bond donors (Lipinski definition) is 3. The van der Waals surface area contributed by atoms with E-state index in [0.717, 1.165) is 5.56 Å². The van der Waals surface area contributed by atoms with Crippen LogP contribution in [-0.2, 0) is 6.42 Å². The monoisotopic (exact) mass is 324 g/mol. The molecule has 130 valence electrons. The maximum absolute atomic E-state index is 12.3. The summed E-state index contributed by atoms with van der Waals surface area (Å²) in [5.74, 6) is -0.184. The van der Waals surface area contributed by atoms with Crippen LogP contribution in [0.3, 0.4) is 0 Å². The van der Waals surface area contributed by atoms with Crippen LogP contribution >= 0.6 is 0 Å². The zero-order valence-electron chi connectivity index (χ0n) is 14.8. The molecule has 0 fully saturated rings. The van der Waals surface area contributed by atoms with Crippen LogP contribution in [0.15, 0.2) is 24.3 Å². The lowest BCUT2D eigenvalue weighted by atomic mass is 10.1. The van der Waals surface area contributed by atoms with Crippen molar-refractivity contribution in [3.8, 4) is 0 Å². The minimum Gasteiger partial charge on any atom is -0.391 e. The standard InChI is InChI=1S/C17H29N3O3/c1-13(21)12-20(4,5)18-17(23)15-8-6-14(7-9-15)10-16(22)11-19(2)3/h6-9,13,16,21-22H,10-12H2,1-5H3/p+1/t13-,16-/m0/s1. The van der Waals surface area contributed by atoms with E-state index in [9.17, 15) is 15.0 Å². The fraction of sp³-hybridized carbons (Fsp3) is 0.588. The van der Waals surface area contributed by atoms with Crippen LogP contribution < -0.4 is 5.43 Å². The molecule has 0 heterocycles. The highest BCUT2D eigenvalue weighted by Crippen LogP contribution is 2.08. The van der Waals surface area contributed by atoms with Crippen molar-refractivity contribution in [2.24, 2.45) is 0 Å². The highest BCUT2D eigenvalue weighted by Gasteiger charge is 2.22. The smallest absolute Gasteiger partial charge is 0.295 e. The molecule has 0 spiro atoms. The Kier molecular flexibility index (Phi) is 7.15. The van der Waals surface area contributed by atoms with Gasteiger partial charge in [-0.1, -0.05) is 12.1 Å². The van der Waals surface area contributed by atoms with Gasteiger partial charge in [-0.2, -0.15) is 5.43 Å². The summed E-state index contributed by atoms with van der Waals surface area (Å²) in [4.78, 5) is 14.2. The molecule has 0 saturated carbocycles. The zero-order valence-corrected chi connectivity index (χ0v) is 14.8. The van der Waals surface area contributed by atoms with Gasteiger partial charge in [-0.25, -0.2) is 4.59 Å². The van der Waals surface area contributed by atoms with Gasteiger partial charge in [0.25, 0.3) is 5.91 Å². The van der Waals surface area contributed by atoms with E-state index < -0.39 is 12.2 Å². The number of aliphatic hydroxyl groups is 2. The number of rotatable bonds is 8. The van der Waals surface area contributed by atoms with Crippen molar-refractivity contribution in [2.45, 2.75) is 25.6 Å². The molecular weight excluding hydrogens is 294 g/mol. The molecule has 1 rings (SSSR count). The third kappa shape index (κ3) is 7.56. The van der Waals surface area contributed by atoms with E-state index in [4.69, 9.17) is 0 Å². The normalized spacial score (nSPS) is 14.6. The number of benzene rings is 1. The Bertz CT molecular complexity index is 498. The molecule has 6 nitrogen and oxygen atoms in total. The van der Waals surface area contributed by atoms with E-state index in [-0.39, 0.29) is 10.5 Å². The average molecular weight is 324 g/mol. The second-order valence-corrected chi connectivity index (χ2v) is 6.97. The van der Waals surface area contributed by atoms with Gasteiger partial charge in [0.1, 0.15) is 12.6 Å². The number of hydrogen-bond acceptors (Lipinski definition) is 4. The highest BCUT2D eigenvalue weighted by molar-refractivity contribution is 5.93. The van der Waals surface area contributed by atoms with Gasteiger partial charge in [0.05, 0.1) is 20.2 Å². The molecule has 0 bridgehead atoms. The first-order valence-electron chi connectivity index (χ1n) is 7.84. The van der Waals surface area contributed by atoms with Crippen molar-refractivity contribution >= 4 is 5.91 Å². The van der Waals surface area contributed by atoms with E-state index in [1.807, 2.05) is 45.2 Å². The number of quaternary nitrogens is 1.